The van der Waals surface area contributed by atoms with E-state index in [1.807, 2.05) is 6.92 Å². The first-order valence-electron chi connectivity index (χ1n) is 7.94. The molecular weight excluding hydrogens is 346 g/mol. The summed E-state index contributed by atoms with van der Waals surface area (Å²) in [5.74, 6) is -0.752. The zero-order valence-electron chi connectivity index (χ0n) is 14.9. The second-order valence-corrected chi connectivity index (χ2v) is 5.55. The summed E-state index contributed by atoms with van der Waals surface area (Å²) in [4.78, 5) is 7.10. The monoisotopic (exact) mass is 369 g/mol. The second kappa shape index (κ2) is 10.4. The Morgan fingerprint density at radius 1 is 1.31 bits per heavy atom. The number of nitrogens with zero attached hydrogens (tertiary/aromatic N) is 3. The average molecular weight is 369 g/mol. The lowest BCUT2D eigenvalue weighted by atomic mass is 10.2. The lowest BCUT2D eigenvalue weighted by molar-refractivity contribution is 0.151. The number of hydrogen-bond acceptors (Lipinski definition) is 3. The van der Waals surface area contributed by atoms with Gasteiger partial charge in [0.05, 0.1) is 18.9 Å². The van der Waals surface area contributed by atoms with E-state index in [0.29, 0.717) is 11.4 Å². The largest absolute Gasteiger partial charge is 0.349 e. The predicted octanol–water partition coefficient (Wildman–Crippen LogP) is 5.45. The van der Waals surface area contributed by atoms with Crippen molar-refractivity contribution in [2.45, 2.75) is 19.8 Å². The number of benzene rings is 1. The third kappa shape index (κ3) is 6.38. The van der Waals surface area contributed by atoms with E-state index in [4.69, 9.17) is 0 Å². The summed E-state index contributed by atoms with van der Waals surface area (Å²) < 4.78 is 51.9. The van der Waals surface area contributed by atoms with Crippen molar-refractivity contribution in [2.24, 2.45) is 4.99 Å². The molecule has 0 heterocycles. The Bertz CT molecular complexity index is 683. The molecule has 1 rings (SSSR count). The zero-order chi connectivity index (χ0) is 19.7. The van der Waals surface area contributed by atoms with Gasteiger partial charge in [-0.1, -0.05) is 12.7 Å². The number of alkyl halides is 3. The average Bonchev–Trinajstić information content (AvgIpc) is 2.59. The number of rotatable bonds is 10. The van der Waals surface area contributed by atoms with Crippen molar-refractivity contribution in [3.05, 3.63) is 66.0 Å². The van der Waals surface area contributed by atoms with Crippen LogP contribution in [-0.4, -0.2) is 31.9 Å². The number of halogens is 4. The molecule has 0 bridgehead atoms. The van der Waals surface area contributed by atoms with E-state index in [-0.39, 0.29) is 18.7 Å². The van der Waals surface area contributed by atoms with Crippen LogP contribution < -0.4 is 4.90 Å². The van der Waals surface area contributed by atoms with Gasteiger partial charge in [-0.3, -0.25) is 9.38 Å². The highest BCUT2D eigenvalue weighted by molar-refractivity contribution is 5.52. The maximum absolute atomic E-state index is 13.6. The standard InChI is InChI=1S/C19H23F4N3/c1-5-8-26(14(2)6-7-20)13-17(24-3)12-25(4)18-10-15(19(22)23)9-16(21)11-18/h5,8-12,19H,2-3,6-7,13H2,1,4H3/b8-5-,17-12-. The van der Waals surface area contributed by atoms with E-state index < -0.39 is 24.5 Å². The quantitative estimate of drug-likeness (QED) is 0.403. The Morgan fingerprint density at radius 2 is 2.00 bits per heavy atom. The van der Waals surface area contributed by atoms with Crippen molar-refractivity contribution in [1.82, 2.24) is 4.90 Å². The van der Waals surface area contributed by atoms with Gasteiger partial charge in [-0.2, -0.15) is 0 Å². The van der Waals surface area contributed by atoms with Crippen LogP contribution in [0.2, 0.25) is 0 Å². The van der Waals surface area contributed by atoms with Crippen LogP contribution in [0.5, 0.6) is 0 Å². The molecule has 1 aromatic rings. The predicted molar refractivity (Wildman–Crippen MR) is 98.6 cm³/mol. The molecule has 3 nitrogen and oxygen atoms in total. The first-order chi connectivity index (χ1) is 12.3. The molecule has 0 amide bonds. The van der Waals surface area contributed by atoms with Gasteiger partial charge in [-0.25, -0.2) is 13.2 Å². The van der Waals surface area contributed by atoms with Gasteiger partial charge in [0, 0.05) is 36.6 Å². The van der Waals surface area contributed by atoms with Gasteiger partial charge < -0.3 is 9.80 Å². The molecule has 0 radical (unpaired) electrons. The normalized spacial score (nSPS) is 11.9. The topological polar surface area (TPSA) is 18.8 Å². The molecule has 0 saturated carbocycles. The van der Waals surface area contributed by atoms with Crippen molar-refractivity contribution in [1.29, 1.82) is 0 Å². The first kappa shape index (κ1) is 21.5. The molecule has 0 atom stereocenters. The van der Waals surface area contributed by atoms with Gasteiger partial charge >= 0.3 is 0 Å². The Morgan fingerprint density at radius 3 is 2.54 bits per heavy atom. The van der Waals surface area contributed by atoms with E-state index in [1.54, 1.807) is 30.4 Å². The van der Waals surface area contributed by atoms with Crippen LogP contribution in [0.1, 0.15) is 25.3 Å². The van der Waals surface area contributed by atoms with Crippen LogP contribution in [-0.2, 0) is 0 Å². The van der Waals surface area contributed by atoms with Crippen LogP contribution in [0.15, 0.2) is 59.6 Å². The van der Waals surface area contributed by atoms with E-state index in [2.05, 4.69) is 18.3 Å². The lowest BCUT2D eigenvalue weighted by Gasteiger charge is -2.24. The van der Waals surface area contributed by atoms with Crippen LogP contribution in [0.4, 0.5) is 23.2 Å². The third-order valence-electron chi connectivity index (χ3n) is 3.56. The molecular formula is C19H23F4N3. The summed E-state index contributed by atoms with van der Waals surface area (Å²) in [5, 5.41) is 0. The van der Waals surface area contributed by atoms with Gasteiger partial charge in [-0.05, 0) is 38.0 Å². The van der Waals surface area contributed by atoms with Crippen LogP contribution >= 0.6 is 0 Å². The maximum Gasteiger partial charge on any atom is 0.264 e. The van der Waals surface area contributed by atoms with Gasteiger partial charge in [0.2, 0.25) is 0 Å². The molecule has 0 saturated heterocycles. The van der Waals surface area contributed by atoms with Crippen molar-refractivity contribution in [3.8, 4) is 0 Å². The summed E-state index contributed by atoms with van der Waals surface area (Å²) in [6, 6.07) is 3.15. The smallest absolute Gasteiger partial charge is 0.264 e. The fourth-order valence-electron chi connectivity index (χ4n) is 2.23. The van der Waals surface area contributed by atoms with Crippen LogP contribution in [0.25, 0.3) is 0 Å². The highest BCUT2D eigenvalue weighted by Gasteiger charge is 2.13. The van der Waals surface area contributed by atoms with E-state index in [0.717, 1.165) is 12.1 Å². The molecule has 26 heavy (non-hydrogen) atoms. The minimum atomic E-state index is -2.77. The third-order valence-corrected chi connectivity index (χ3v) is 3.56. The van der Waals surface area contributed by atoms with Gasteiger partial charge in [-0.15, -0.1) is 0 Å². The van der Waals surface area contributed by atoms with Crippen molar-refractivity contribution in [2.75, 3.05) is 25.2 Å². The van der Waals surface area contributed by atoms with Crippen molar-refractivity contribution in [3.63, 3.8) is 0 Å². The molecule has 0 aromatic heterocycles. The van der Waals surface area contributed by atoms with Gasteiger partial charge in [0.15, 0.2) is 0 Å². The second-order valence-electron chi connectivity index (χ2n) is 5.55. The first-order valence-corrected chi connectivity index (χ1v) is 7.94. The molecule has 0 N–H and O–H groups in total. The van der Waals surface area contributed by atoms with E-state index in [9.17, 15) is 17.6 Å². The summed E-state index contributed by atoms with van der Waals surface area (Å²) in [6.07, 6.45) is 2.46. The fourth-order valence-corrected chi connectivity index (χ4v) is 2.23. The fraction of sp³-hybridized carbons (Fsp3) is 0.316. The lowest BCUT2D eigenvalue weighted by Crippen LogP contribution is -2.21. The molecule has 0 unspecified atom stereocenters. The Labute approximate surface area is 151 Å². The summed E-state index contributed by atoms with van der Waals surface area (Å²) in [6.45, 7) is 8.86. The number of hydrogen-bond donors (Lipinski definition) is 0. The summed E-state index contributed by atoms with van der Waals surface area (Å²) in [7, 11) is 1.59. The molecule has 1 aromatic carbocycles. The molecule has 0 aliphatic rings. The molecule has 142 valence electrons. The highest BCUT2D eigenvalue weighted by Crippen LogP contribution is 2.26. The van der Waals surface area contributed by atoms with Gasteiger partial charge in [0.25, 0.3) is 6.43 Å². The minimum absolute atomic E-state index is 0.173. The highest BCUT2D eigenvalue weighted by atomic mass is 19.3. The number of anilines is 1. The van der Waals surface area contributed by atoms with E-state index >= 15 is 0 Å². The van der Waals surface area contributed by atoms with Crippen molar-refractivity contribution < 1.29 is 17.6 Å². The Balaban J connectivity index is 3.06. The van der Waals surface area contributed by atoms with Crippen LogP contribution in [0.3, 0.4) is 0 Å². The summed E-state index contributed by atoms with van der Waals surface area (Å²) >= 11 is 0. The van der Waals surface area contributed by atoms with Gasteiger partial charge in [0.1, 0.15) is 5.82 Å². The number of aliphatic imine (C=N–C) groups is 1. The van der Waals surface area contributed by atoms with Crippen molar-refractivity contribution >= 4 is 12.4 Å². The Hall–Kier alpha value is -2.57. The molecule has 7 heteroatoms. The maximum atomic E-state index is 13.6. The molecule has 0 aliphatic carbocycles. The zero-order valence-corrected chi connectivity index (χ0v) is 14.9. The SMILES string of the molecule is C=N/C(=C\N(C)c1cc(F)cc(C(F)F)c1)CN(/C=C\C)C(=C)CCF. The molecule has 0 fully saturated rings. The minimum Gasteiger partial charge on any atom is -0.349 e. The van der Waals surface area contributed by atoms with E-state index in [1.165, 1.54) is 11.0 Å². The Kier molecular flexibility index (Phi) is 8.61. The van der Waals surface area contributed by atoms with Crippen LogP contribution in [0, 0.1) is 5.82 Å². The molecule has 0 aliphatic heterocycles. The summed E-state index contributed by atoms with van der Waals surface area (Å²) in [5.41, 5.74) is 0.892. The number of allylic oxidation sites excluding steroid dienone is 2. The molecule has 0 spiro atoms.